The smallest absolute Gasteiger partial charge is 0.241 e. The van der Waals surface area contributed by atoms with Gasteiger partial charge in [-0.25, -0.2) is 8.42 Å². The van der Waals surface area contributed by atoms with Gasteiger partial charge >= 0.3 is 0 Å². The van der Waals surface area contributed by atoms with Crippen LogP contribution in [0.1, 0.15) is 37.8 Å². The van der Waals surface area contributed by atoms with E-state index in [2.05, 4.69) is 21.0 Å². The van der Waals surface area contributed by atoms with Crippen molar-refractivity contribution in [2.45, 2.75) is 50.7 Å². The number of hydrogen-bond donors (Lipinski definition) is 2. The van der Waals surface area contributed by atoms with Gasteiger partial charge in [-0.3, -0.25) is 9.69 Å². The lowest BCUT2D eigenvalue weighted by atomic mass is 10.0. The van der Waals surface area contributed by atoms with Crippen LogP contribution in [0.25, 0.3) is 10.8 Å². The molecule has 6 nitrogen and oxygen atoms in total. The predicted octanol–water partition coefficient (Wildman–Crippen LogP) is 4.05. The lowest BCUT2D eigenvalue weighted by Crippen LogP contribution is -2.49. The number of amides is 1. The number of carbonyl (C=O) groups is 1. The second-order valence-electron chi connectivity index (χ2n) is 9.32. The molecule has 0 radical (unpaired) electrons. The minimum atomic E-state index is -3.87. The fraction of sp³-hybridized carbons (Fsp3) is 0.370. The minimum absolute atomic E-state index is 0.153. The summed E-state index contributed by atoms with van der Waals surface area (Å²) in [6.07, 6.45) is 2.46. The van der Waals surface area contributed by atoms with Crippen molar-refractivity contribution in [1.29, 1.82) is 0 Å². The van der Waals surface area contributed by atoms with Gasteiger partial charge in [0.2, 0.25) is 15.9 Å². The Bertz CT molecular complexity index is 1250. The summed E-state index contributed by atoms with van der Waals surface area (Å²) in [6, 6.07) is 19.8. The van der Waals surface area contributed by atoms with Crippen LogP contribution in [-0.4, -0.2) is 38.4 Å². The molecule has 1 aliphatic heterocycles. The first kappa shape index (κ1) is 24.4. The average Bonchev–Trinajstić information content (AvgIpc) is 3.34. The molecule has 1 amide bonds. The largest absolute Gasteiger partial charge is 0.351 e. The van der Waals surface area contributed by atoms with E-state index in [0.29, 0.717) is 6.54 Å². The lowest BCUT2D eigenvalue weighted by Gasteiger charge is -2.23. The van der Waals surface area contributed by atoms with Gasteiger partial charge in [0.15, 0.2) is 0 Å². The highest BCUT2D eigenvalue weighted by molar-refractivity contribution is 7.89. The number of nitrogens with zero attached hydrogens (tertiary/aromatic N) is 1. The van der Waals surface area contributed by atoms with Gasteiger partial charge in [-0.2, -0.15) is 4.72 Å². The zero-order chi connectivity index (χ0) is 24.1. The minimum Gasteiger partial charge on any atom is -0.351 e. The molecular weight excluding hydrogens is 446 g/mol. The average molecular weight is 480 g/mol. The Morgan fingerprint density at radius 3 is 2.26 bits per heavy atom. The lowest BCUT2D eigenvalue weighted by molar-refractivity contribution is -0.123. The van der Waals surface area contributed by atoms with Gasteiger partial charge in [0.05, 0.1) is 4.90 Å². The Kier molecular flexibility index (Phi) is 7.66. The van der Waals surface area contributed by atoms with Crippen molar-refractivity contribution in [2.75, 3.05) is 13.1 Å². The highest BCUT2D eigenvalue weighted by Crippen LogP contribution is 2.20. The highest BCUT2D eigenvalue weighted by Gasteiger charge is 2.28. The molecule has 180 valence electrons. The van der Waals surface area contributed by atoms with Crippen LogP contribution in [0, 0.1) is 5.92 Å². The first-order chi connectivity index (χ1) is 16.3. The Morgan fingerprint density at radius 2 is 1.56 bits per heavy atom. The first-order valence-electron chi connectivity index (χ1n) is 11.9. The van der Waals surface area contributed by atoms with Crippen molar-refractivity contribution in [3.8, 4) is 0 Å². The molecule has 7 heteroatoms. The Morgan fingerprint density at radius 1 is 0.912 bits per heavy atom. The Hall–Kier alpha value is -2.74. The molecule has 3 aromatic carbocycles. The molecule has 0 bridgehead atoms. The van der Waals surface area contributed by atoms with Gasteiger partial charge in [0.1, 0.15) is 6.04 Å². The van der Waals surface area contributed by atoms with Crippen LogP contribution in [0.5, 0.6) is 0 Å². The molecule has 0 saturated carbocycles. The molecule has 4 rings (SSSR count). The summed E-state index contributed by atoms with van der Waals surface area (Å²) >= 11 is 0. The van der Waals surface area contributed by atoms with Gasteiger partial charge in [-0.15, -0.1) is 0 Å². The van der Waals surface area contributed by atoms with Gasteiger partial charge in [0, 0.05) is 13.1 Å². The fourth-order valence-corrected chi connectivity index (χ4v) is 5.80. The Balaban J connectivity index is 1.45. The molecule has 0 spiro atoms. The van der Waals surface area contributed by atoms with E-state index in [1.54, 1.807) is 18.2 Å². The van der Waals surface area contributed by atoms with E-state index in [9.17, 15) is 13.2 Å². The van der Waals surface area contributed by atoms with E-state index in [0.717, 1.165) is 36.0 Å². The van der Waals surface area contributed by atoms with Gasteiger partial charge in [-0.1, -0.05) is 68.4 Å². The molecule has 1 heterocycles. The van der Waals surface area contributed by atoms with E-state index in [4.69, 9.17) is 0 Å². The molecule has 1 unspecified atom stereocenters. The summed E-state index contributed by atoms with van der Waals surface area (Å²) in [5.41, 5.74) is 2.25. The van der Waals surface area contributed by atoms with Gasteiger partial charge in [-0.05, 0) is 65.9 Å². The van der Waals surface area contributed by atoms with Crippen LogP contribution in [-0.2, 0) is 27.9 Å². The number of rotatable bonds is 9. The third-order valence-electron chi connectivity index (χ3n) is 6.43. The summed E-state index contributed by atoms with van der Waals surface area (Å²) in [6.45, 7) is 7.13. The second kappa shape index (κ2) is 10.7. The van der Waals surface area contributed by atoms with Crippen molar-refractivity contribution in [2.24, 2.45) is 5.92 Å². The number of fused-ring (bicyclic) bond motifs is 1. The summed E-state index contributed by atoms with van der Waals surface area (Å²) in [5.74, 6) is -0.537. The van der Waals surface area contributed by atoms with E-state index >= 15 is 0 Å². The van der Waals surface area contributed by atoms with Crippen LogP contribution in [0.4, 0.5) is 0 Å². The maximum absolute atomic E-state index is 13.1. The van der Waals surface area contributed by atoms with Crippen molar-refractivity contribution in [3.63, 3.8) is 0 Å². The molecule has 1 saturated heterocycles. The number of nitrogens with one attached hydrogen (secondary N) is 2. The molecule has 34 heavy (non-hydrogen) atoms. The van der Waals surface area contributed by atoms with E-state index in [1.165, 1.54) is 18.4 Å². The third kappa shape index (κ3) is 5.84. The Labute approximate surface area is 202 Å². The number of benzene rings is 3. The summed E-state index contributed by atoms with van der Waals surface area (Å²) < 4.78 is 28.9. The number of carbonyl (C=O) groups excluding carboxylic acids is 1. The molecule has 0 aliphatic carbocycles. The molecule has 1 fully saturated rings. The van der Waals surface area contributed by atoms with Crippen LogP contribution in [0.15, 0.2) is 71.6 Å². The molecule has 3 aromatic rings. The van der Waals surface area contributed by atoms with Crippen molar-refractivity contribution < 1.29 is 13.2 Å². The van der Waals surface area contributed by atoms with Crippen molar-refractivity contribution in [1.82, 2.24) is 14.9 Å². The fourth-order valence-electron chi connectivity index (χ4n) is 4.42. The van der Waals surface area contributed by atoms with Crippen molar-refractivity contribution >= 4 is 26.7 Å². The maximum Gasteiger partial charge on any atom is 0.241 e. The number of sulfonamides is 1. The molecule has 2 N–H and O–H groups in total. The van der Waals surface area contributed by atoms with Crippen LogP contribution < -0.4 is 10.0 Å². The number of likely N-dealkylation sites (tertiary alicyclic amines) is 1. The summed E-state index contributed by atoms with van der Waals surface area (Å²) in [5, 5.41) is 4.77. The monoisotopic (exact) mass is 479 g/mol. The first-order valence-corrected chi connectivity index (χ1v) is 13.4. The molecule has 1 atom stereocenters. The van der Waals surface area contributed by atoms with E-state index in [1.807, 2.05) is 56.3 Å². The predicted molar refractivity (Wildman–Crippen MR) is 136 cm³/mol. The highest BCUT2D eigenvalue weighted by atomic mass is 32.2. The SMILES string of the molecule is CC(C)C(NS(=O)(=O)c1ccc2ccccc2c1)C(=O)NCc1ccccc1CN1CCCC1. The molecule has 0 aromatic heterocycles. The third-order valence-corrected chi connectivity index (χ3v) is 7.87. The standard InChI is InChI=1S/C27H33N3O3S/c1-20(2)26(29-34(32,33)25-14-13-21-9-3-4-10-22(21)17-25)27(31)28-18-23-11-5-6-12-24(23)19-30-15-7-8-16-30/h3-6,9-14,17,20,26,29H,7-8,15-16,18-19H2,1-2H3,(H,28,31). The zero-order valence-electron chi connectivity index (χ0n) is 19.8. The van der Waals surface area contributed by atoms with E-state index < -0.39 is 16.1 Å². The summed E-state index contributed by atoms with van der Waals surface area (Å²) in [4.78, 5) is 15.7. The van der Waals surface area contributed by atoms with Crippen LogP contribution in [0.3, 0.4) is 0 Å². The van der Waals surface area contributed by atoms with Crippen LogP contribution >= 0.6 is 0 Å². The quantitative estimate of drug-likeness (QED) is 0.485. The molecule has 1 aliphatic rings. The topological polar surface area (TPSA) is 78.5 Å². The van der Waals surface area contributed by atoms with Crippen molar-refractivity contribution in [3.05, 3.63) is 77.9 Å². The zero-order valence-corrected chi connectivity index (χ0v) is 20.6. The normalized spacial score (nSPS) is 15.6. The number of hydrogen-bond acceptors (Lipinski definition) is 4. The van der Waals surface area contributed by atoms with E-state index in [-0.39, 0.29) is 16.7 Å². The van der Waals surface area contributed by atoms with Gasteiger partial charge < -0.3 is 5.32 Å². The van der Waals surface area contributed by atoms with Crippen LogP contribution in [0.2, 0.25) is 0 Å². The van der Waals surface area contributed by atoms with Gasteiger partial charge in [0.25, 0.3) is 0 Å². The molecular formula is C27H33N3O3S. The maximum atomic E-state index is 13.1. The second-order valence-corrected chi connectivity index (χ2v) is 11.0. The summed E-state index contributed by atoms with van der Waals surface area (Å²) in [7, 11) is -3.87.